The average Bonchev–Trinajstić information content (AvgIpc) is 2.47. The monoisotopic (exact) mass is 258 g/mol. The molecule has 1 aromatic carbocycles. The lowest BCUT2D eigenvalue weighted by atomic mass is 10.1. The molecule has 0 bridgehead atoms. The minimum atomic E-state index is -4.96. The summed E-state index contributed by atoms with van der Waals surface area (Å²) in [6.07, 6.45) is -4.96. The van der Waals surface area contributed by atoms with E-state index in [0.717, 1.165) is 0 Å². The van der Waals surface area contributed by atoms with E-state index in [0.29, 0.717) is 4.90 Å². The molecule has 0 aromatic heterocycles. The van der Waals surface area contributed by atoms with Crippen molar-refractivity contribution in [3.63, 3.8) is 0 Å². The predicted molar refractivity (Wildman–Crippen MR) is 57.2 cm³/mol. The maximum atomic E-state index is 12.5. The fourth-order valence-corrected chi connectivity index (χ4v) is 1.76. The third-order valence-electron chi connectivity index (χ3n) is 2.55. The highest BCUT2D eigenvalue weighted by atomic mass is 19.4. The van der Waals surface area contributed by atoms with Crippen LogP contribution in [0.5, 0.6) is 0 Å². The van der Waals surface area contributed by atoms with Crippen molar-refractivity contribution in [1.29, 1.82) is 0 Å². The van der Waals surface area contributed by atoms with Crippen LogP contribution in [0.15, 0.2) is 24.3 Å². The molecule has 0 aliphatic carbocycles. The number of hydrogen-bond donors (Lipinski definition) is 1. The van der Waals surface area contributed by atoms with Crippen LogP contribution < -0.4 is 10.2 Å². The van der Waals surface area contributed by atoms with Gasteiger partial charge in [-0.25, -0.2) is 0 Å². The molecule has 0 atom stereocenters. The number of rotatable bonds is 0. The smallest absolute Gasteiger partial charge is 0.350 e. The fourth-order valence-electron chi connectivity index (χ4n) is 1.76. The zero-order chi connectivity index (χ0) is 13.3. The Hall–Kier alpha value is -2.05. The molecule has 1 aliphatic heterocycles. The summed E-state index contributed by atoms with van der Waals surface area (Å²) in [7, 11) is 0. The van der Waals surface area contributed by atoms with E-state index in [4.69, 9.17) is 0 Å². The molecule has 18 heavy (non-hydrogen) atoms. The average molecular weight is 258 g/mol. The second kappa shape index (κ2) is 4.32. The first-order valence-corrected chi connectivity index (χ1v) is 5.17. The molecule has 2 amide bonds. The summed E-state index contributed by atoms with van der Waals surface area (Å²) in [5, 5.41) is 2.44. The number of amides is 2. The van der Waals surface area contributed by atoms with Crippen molar-refractivity contribution in [2.45, 2.75) is 6.18 Å². The molecular weight excluding hydrogens is 249 g/mol. The van der Waals surface area contributed by atoms with Gasteiger partial charge in [0.2, 0.25) is 0 Å². The second-order valence-electron chi connectivity index (χ2n) is 3.73. The summed E-state index contributed by atoms with van der Waals surface area (Å²) >= 11 is 0. The van der Waals surface area contributed by atoms with Gasteiger partial charge < -0.3 is 10.2 Å². The van der Waals surface area contributed by atoms with Gasteiger partial charge in [0.15, 0.2) is 0 Å². The van der Waals surface area contributed by atoms with Gasteiger partial charge in [0, 0.05) is 13.1 Å². The van der Waals surface area contributed by atoms with Gasteiger partial charge in [0.05, 0.1) is 11.3 Å². The summed E-state index contributed by atoms with van der Waals surface area (Å²) in [4.78, 5) is 23.5. The van der Waals surface area contributed by atoms with E-state index in [1.54, 1.807) is 0 Å². The number of nitrogens with zero attached hydrogens (tertiary/aromatic N) is 1. The van der Waals surface area contributed by atoms with E-state index in [1.165, 1.54) is 24.3 Å². The van der Waals surface area contributed by atoms with E-state index in [9.17, 15) is 22.8 Å². The summed E-state index contributed by atoms with van der Waals surface area (Å²) in [6, 6.07) is 5.71. The third kappa shape index (κ3) is 2.15. The Balaban J connectivity index is 2.47. The molecule has 0 spiro atoms. The van der Waals surface area contributed by atoms with Crippen LogP contribution in [0.3, 0.4) is 0 Å². The summed E-state index contributed by atoms with van der Waals surface area (Å²) < 4.78 is 37.4. The fraction of sp³-hybridized carbons (Fsp3) is 0.273. The number of benzene rings is 1. The van der Waals surface area contributed by atoms with E-state index >= 15 is 0 Å². The molecule has 1 aliphatic rings. The summed E-state index contributed by atoms with van der Waals surface area (Å²) in [6.45, 7) is -0.226. The zero-order valence-corrected chi connectivity index (χ0v) is 9.12. The Morgan fingerprint density at radius 2 is 1.94 bits per heavy atom. The first kappa shape index (κ1) is 12.4. The Morgan fingerprint density at radius 3 is 2.61 bits per heavy atom. The second-order valence-corrected chi connectivity index (χ2v) is 3.73. The van der Waals surface area contributed by atoms with E-state index in [1.807, 2.05) is 0 Å². The number of hydrogen-bond acceptors (Lipinski definition) is 2. The van der Waals surface area contributed by atoms with Crippen molar-refractivity contribution in [3.8, 4) is 0 Å². The Kier molecular flexibility index (Phi) is 2.98. The Bertz CT molecular complexity index is 499. The van der Waals surface area contributed by atoms with Gasteiger partial charge in [0.1, 0.15) is 0 Å². The van der Waals surface area contributed by atoms with E-state index in [-0.39, 0.29) is 24.3 Å². The van der Waals surface area contributed by atoms with Crippen LogP contribution in [0, 0.1) is 0 Å². The van der Waals surface area contributed by atoms with Gasteiger partial charge in [-0.2, -0.15) is 13.2 Å². The van der Waals surface area contributed by atoms with Crippen LogP contribution in [-0.2, 0) is 4.79 Å². The number of carbonyl (C=O) groups excluding carboxylic acids is 2. The quantitative estimate of drug-likeness (QED) is 0.763. The number of alkyl halides is 3. The molecule has 1 heterocycles. The standard InChI is InChI=1S/C11H9F3N2O2/c12-11(13,14)10(18)16-6-5-15-9(17)7-3-1-2-4-8(7)16/h1-4H,5-6H2,(H,15,17). The van der Waals surface area contributed by atoms with Crippen LogP contribution in [0.1, 0.15) is 10.4 Å². The number of anilines is 1. The summed E-state index contributed by atoms with van der Waals surface area (Å²) in [5.41, 5.74) is 0.0439. The first-order chi connectivity index (χ1) is 8.41. The van der Waals surface area contributed by atoms with Gasteiger partial charge in [0.25, 0.3) is 5.91 Å². The molecule has 96 valence electrons. The van der Waals surface area contributed by atoms with Crippen LogP contribution in [0.25, 0.3) is 0 Å². The van der Waals surface area contributed by atoms with Crippen molar-refractivity contribution in [1.82, 2.24) is 5.32 Å². The molecular formula is C11H9F3N2O2. The molecule has 0 saturated carbocycles. The molecule has 2 rings (SSSR count). The SMILES string of the molecule is O=C1NCCN(C(=O)C(F)(F)F)c2ccccc21. The van der Waals surface area contributed by atoms with Crippen LogP contribution in [0.2, 0.25) is 0 Å². The van der Waals surface area contributed by atoms with Gasteiger partial charge >= 0.3 is 12.1 Å². The van der Waals surface area contributed by atoms with Crippen molar-refractivity contribution >= 4 is 17.5 Å². The predicted octanol–water partition coefficient (Wildman–Crippen LogP) is 1.33. The highest BCUT2D eigenvalue weighted by Gasteiger charge is 2.44. The maximum Gasteiger partial charge on any atom is 0.471 e. The van der Waals surface area contributed by atoms with Gasteiger partial charge in [-0.3, -0.25) is 9.59 Å². The lowest BCUT2D eigenvalue weighted by molar-refractivity contribution is -0.170. The van der Waals surface area contributed by atoms with E-state index < -0.39 is 18.0 Å². The van der Waals surface area contributed by atoms with Crippen LogP contribution >= 0.6 is 0 Å². The number of carbonyl (C=O) groups is 2. The minimum Gasteiger partial charge on any atom is -0.350 e. The number of halogens is 3. The minimum absolute atomic E-state index is 0.0185. The maximum absolute atomic E-state index is 12.5. The zero-order valence-electron chi connectivity index (χ0n) is 9.12. The van der Waals surface area contributed by atoms with Gasteiger partial charge in [-0.05, 0) is 12.1 Å². The molecule has 0 unspecified atom stereocenters. The molecule has 4 nitrogen and oxygen atoms in total. The molecule has 1 aromatic rings. The lowest BCUT2D eigenvalue weighted by Gasteiger charge is -2.22. The van der Waals surface area contributed by atoms with Gasteiger partial charge in [-0.1, -0.05) is 12.1 Å². The Labute approximate surface area is 100 Å². The normalized spacial score (nSPS) is 15.7. The van der Waals surface area contributed by atoms with Crippen LogP contribution in [0.4, 0.5) is 18.9 Å². The molecule has 1 N–H and O–H groups in total. The highest BCUT2D eigenvalue weighted by Crippen LogP contribution is 2.27. The lowest BCUT2D eigenvalue weighted by Crippen LogP contribution is -2.43. The summed E-state index contributed by atoms with van der Waals surface area (Å²) in [5.74, 6) is -2.45. The molecule has 0 radical (unpaired) electrons. The van der Waals surface area contributed by atoms with E-state index in [2.05, 4.69) is 5.32 Å². The molecule has 0 fully saturated rings. The molecule has 0 saturated heterocycles. The van der Waals surface area contributed by atoms with Crippen molar-refractivity contribution in [3.05, 3.63) is 29.8 Å². The van der Waals surface area contributed by atoms with Gasteiger partial charge in [-0.15, -0.1) is 0 Å². The third-order valence-corrected chi connectivity index (χ3v) is 2.55. The topological polar surface area (TPSA) is 49.4 Å². The van der Waals surface area contributed by atoms with Crippen molar-refractivity contribution in [2.75, 3.05) is 18.0 Å². The Morgan fingerprint density at radius 1 is 1.28 bits per heavy atom. The van der Waals surface area contributed by atoms with Crippen LogP contribution in [-0.4, -0.2) is 31.1 Å². The number of nitrogens with one attached hydrogen (secondary N) is 1. The number of para-hydroxylation sites is 1. The van der Waals surface area contributed by atoms with Crippen molar-refractivity contribution < 1.29 is 22.8 Å². The molecule has 7 heteroatoms. The largest absolute Gasteiger partial charge is 0.471 e. The highest BCUT2D eigenvalue weighted by molar-refractivity contribution is 6.07. The number of fused-ring (bicyclic) bond motifs is 1. The first-order valence-electron chi connectivity index (χ1n) is 5.17. The van der Waals surface area contributed by atoms with Crippen molar-refractivity contribution in [2.24, 2.45) is 0 Å².